The second kappa shape index (κ2) is 7.53. The van der Waals surface area contributed by atoms with Crippen molar-refractivity contribution in [1.82, 2.24) is 14.8 Å². The van der Waals surface area contributed by atoms with Crippen molar-refractivity contribution in [1.29, 1.82) is 5.26 Å². The Kier molecular flexibility index (Phi) is 4.95. The highest BCUT2D eigenvalue weighted by Crippen LogP contribution is 2.25. The van der Waals surface area contributed by atoms with Gasteiger partial charge in [-0.05, 0) is 43.5 Å². The predicted molar refractivity (Wildman–Crippen MR) is 105 cm³/mol. The first-order valence-corrected chi connectivity index (χ1v) is 9.65. The number of nitrogens with zero attached hydrogens (tertiary/aromatic N) is 5. The molecule has 0 bridgehead atoms. The second-order valence-electron chi connectivity index (χ2n) is 7.54. The van der Waals surface area contributed by atoms with Gasteiger partial charge in [0, 0.05) is 50.0 Å². The molecule has 2 aromatic rings. The Morgan fingerprint density at radius 3 is 3.07 bits per heavy atom. The van der Waals surface area contributed by atoms with Crippen LogP contribution in [-0.2, 0) is 4.79 Å². The number of anilines is 1. The number of likely N-dealkylation sites (tertiary alicyclic amines) is 2. The molecule has 2 aliphatic rings. The Labute approximate surface area is 160 Å². The molecule has 0 aliphatic carbocycles. The molecule has 4 rings (SSSR count). The van der Waals surface area contributed by atoms with Crippen molar-refractivity contribution < 1.29 is 4.79 Å². The number of carbonyl (C=O) groups excluding carboxylic acids is 1. The van der Waals surface area contributed by atoms with Crippen LogP contribution in [0.1, 0.15) is 19.3 Å². The molecule has 0 spiro atoms. The van der Waals surface area contributed by atoms with E-state index in [-0.39, 0.29) is 11.9 Å². The number of nitriles is 1. The van der Waals surface area contributed by atoms with Gasteiger partial charge in [0.15, 0.2) is 0 Å². The number of hydrogen-bond acceptors (Lipinski definition) is 5. The lowest BCUT2D eigenvalue weighted by Gasteiger charge is -2.28. The van der Waals surface area contributed by atoms with E-state index in [1.807, 2.05) is 12.3 Å². The molecule has 0 radical (unpaired) electrons. The third-order valence-corrected chi connectivity index (χ3v) is 5.87. The van der Waals surface area contributed by atoms with E-state index in [9.17, 15) is 10.1 Å². The van der Waals surface area contributed by atoms with E-state index >= 15 is 0 Å². The summed E-state index contributed by atoms with van der Waals surface area (Å²) in [6.45, 7) is 2.93. The quantitative estimate of drug-likeness (QED) is 0.834. The maximum Gasteiger partial charge on any atom is 0.237 e. The van der Waals surface area contributed by atoms with E-state index in [0.717, 1.165) is 49.8 Å². The van der Waals surface area contributed by atoms with Gasteiger partial charge >= 0.3 is 0 Å². The van der Waals surface area contributed by atoms with E-state index in [1.165, 1.54) is 5.69 Å². The van der Waals surface area contributed by atoms with Crippen LogP contribution in [0, 0.1) is 11.3 Å². The molecule has 6 heteroatoms. The van der Waals surface area contributed by atoms with Gasteiger partial charge in [-0.2, -0.15) is 5.26 Å². The zero-order valence-corrected chi connectivity index (χ0v) is 15.7. The molecule has 2 atom stereocenters. The summed E-state index contributed by atoms with van der Waals surface area (Å²) in [6.07, 6.45) is 4.60. The van der Waals surface area contributed by atoms with Crippen LogP contribution < -0.4 is 4.90 Å². The molecular formula is C21H25N5O. The van der Waals surface area contributed by atoms with Crippen molar-refractivity contribution in [3.8, 4) is 6.07 Å². The first-order chi connectivity index (χ1) is 13.2. The zero-order chi connectivity index (χ0) is 18.8. The average molecular weight is 363 g/mol. The van der Waals surface area contributed by atoms with E-state index < -0.39 is 0 Å². The van der Waals surface area contributed by atoms with Crippen LogP contribution in [0.4, 0.5) is 5.69 Å². The lowest BCUT2D eigenvalue weighted by atomic mass is 10.1. The molecule has 2 aliphatic heterocycles. The van der Waals surface area contributed by atoms with Crippen molar-refractivity contribution >= 4 is 22.5 Å². The molecule has 1 amide bonds. The third-order valence-electron chi connectivity index (χ3n) is 5.87. The Balaban J connectivity index is 1.38. The van der Waals surface area contributed by atoms with Crippen molar-refractivity contribution in [3.05, 3.63) is 36.5 Å². The molecule has 0 saturated carbocycles. The predicted octanol–water partition coefficient (Wildman–Crippen LogP) is 2.26. The Hall–Kier alpha value is -2.65. The SMILES string of the molecule is CN(c1ccc2ncccc2c1)[C@@H]1CCN(CC(=O)N2CCC[C@H]2C#N)C1. The normalized spacial score (nSPS) is 22.9. The first-order valence-electron chi connectivity index (χ1n) is 9.65. The maximum absolute atomic E-state index is 12.6. The summed E-state index contributed by atoms with van der Waals surface area (Å²) in [6, 6.07) is 12.8. The van der Waals surface area contributed by atoms with Crippen LogP contribution in [0.15, 0.2) is 36.5 Å². The topological polar surface area (TPSA) is 63.5 Å². The average Bonchev–Trinajstić information content (AvgIpc) is 3.36. The van der Waals surface area contributed by atoms with Gasteiger partial charge in [0.1, 0.15) is 6.04 Å². The van der Waals surface area contributed by atoms with Crippen molar-refractivity contribution in [2.24, 2.45) is 0 Å². The highest BCUT2D eigenvalue weighted by molar-refractivity contribution is 5.82. The van der Waals surface area contributed by atoms with Gasteiger partial charge in [-0.1, -0.05) is 6.07 Å². The van der Waals surface area contributed by atoms with Crippen LogP contribution in [0.2, 0.25) is 0 Å². The number of carbonyl (C=O) groups is 1. The number of amides is 1. The van der Waals surface area contributed by atoms with Crippen molar-refractivity contribution in [2.45, 2.75) is 31.3 Å². The summed E-state index contributed by atoms with van der Waals surface area (Å²) in [7, 11) is 2.12. The number of pyridine rings is 1. The van der Waals surface area contributed by atoms with Crippen LogP contribution >= 0.6 is 0 Å². The van der Waals surface area contributed by atoms with Crippen LogP contribution in [-0.4, -0.2) is 66.0 Å². The molecular weight excluding hydrogens is 338 g/mol. The molecule has 2 saturated heterocycles. The minimum absolute atomic E-state index is 0.0964. The van der Waals surface area contributed by atoms with Crippen molar-refractivity contribution in [2.75, 3.05) is 38.1 Å². The molecule has 1 aromatic carbocycles. The lowest BCUT2D eigenvalue weighted by Crippen LogP contribution is -2.42. The van der Waals surface area contributed by atoms with Gasteiger partial charge in [-0.15, -0.1) is 0 Å². The summed E-state index contributed by atoms with van der Waals surface area (Å²) >= 11 is 0. The van der Waals surface area contributed by atoms with Gasteiger partial charge in [-0.3, -0.25) is 14.7 Å². The number of benzene rings is 1. The zero-order valence-electron chi connectivity index (χ0n) is 15.7. The second-order valence-corrected chi connectivity index (χ2v) is 7.54. The highest BCUT2D eigenvalue weighted by atomic mass is 16.2. The van der Waals surface area contributed by atoms with E-state index in [2.05, 4.69) is 52.2 Å². The number of aromatic nitrogens is 1. The monoisotopic (exact) mass is 363 g/mol. The van der Waals surface area contributed by atoms with Gasteiger partial charge in [0.25, 0.3) is 0 Å². The number of hydrogen-bond donors (Lipinski definition) is 0. The molecule has 3 heterocycles. The fourth-order valence-corrected chi connectivity index (χ4v) is 4.25. The van der Waals surface area contributed by atoms with Crippen LogP contribution in [0.5, 0.6) is 0 Å². The largest absolute Gasteiger partial charge is 0.370 e. The molecule has 6 nitrogen and oxygen atoms in total. The minimum Gasteiger partial charge on any atom is -0.370 e. The third kappa shape index (κ3) is 3.60. The summed E-state index contributed by atoms with van der Waals surface area (Å²) in [5.74, 6) is 0.0964. The molecule has 1 aromatic heterocycles. The Bertz CT molecular complexity index is 876. The number of fused-ring (bicyclic) bond motifs is 1. The lowest BCUT2D eigenvalue weighted by molar-refractivity contribution is -0.132. The summed E-state index contributed by atoms with van der Waals surface area (Å²) in [5, 5.41) is 10.3. The van der Waals surface area contributed by atoms with Gasteiger partial charge in [0.2, 0.25) is 5.91 Å². The van der Waals surface area contributed by atoms with Crippen LogP contribution in [0.3, 0.4) is 0 Å². The minimum atomic E-state index is -0.232. The molecule has 27 heavy (non-hydrogen) atoms. The van der Waals surface area contributed by atoms with Gasteiger partial charge < -0.3 is 9.80 Å². The smallest absolute Gasteiger partial charge is 0.237 e. The van der Waals surface area contributed by atoms with E-state index in [0.29, 0.717) is 12.6 Å². The molecule has 0 N–H and O–H groups in total. The summed E-state index contributed by atoms with van der Waals surface area (Å²) in [4.78, 5) is 23.2. The van der Waals surface area contributed by atoms with Gasteiger partial charge in [-0.25, -0.2) is 0 Å². The number of rotatable bonds is 4. The first kappa shape index (κ1) is 17.7. The molecule has 2 fully saturated rings. The fourth-order valence-electron chi connectivity index (χ4n) is 4.25. The van der Waals surface area contributed by atoms with E-state index in [1.54, 1.807) is 4.90 Å². The van der Waals surface area contributed by atoms with Gasteiger partial charge in [0.05, 0.1) is 18.1 Å². The Morgan fingerprint density at radius 1 is 1.33 bits per heavy atom. The molecule has 0 unspecified atom stereocenters. The van der Waals surface area contributed by atoms with Crippen LogP contribution in [0.25, 0.3) is 10.9 Å². The van der Waals surface area contributed by atoms with E-state index in [4.69, 9.17) is 0 Å². The molecule has 140 valence electrons. The summed E-state index contributed by atoms with van der Waals surface area (Å²) in [5.41, 5.74) is 2.18. The number of likely N-dealkylation sites (N-methyl/N-ethyl adjacent to an activating group) is 1. The maximum atomic E-state index is 12.6. The summed E-state index contributed by atoms with van der Waals surface area (Å²) < 4.78 is 0. The fraction of sp³-hybridized carbons (Fsp3) is 0.476. The van der Waals surface area contributed by atoms with Crippen molar-refractivity contribution in [3.63, 3.8) is 0 Å². The highest BCUT2D eigenvalue weighted by Gasteiger charge is 2.32. The Morgan fingerprint density at radius 2 is 2.22 bits per heavy atom. The standard InChI is InChI=1S/C21H25N5O/c1-24(17-6-7-20-16(12-17)4-2-9-23-20)19-8-11-25(14-19)15-21(27)26-10-3-5-18(26)13-22/h2,4,6-7,9,12,18-19H,3,5,8,10-11,14-15H2,1H3/t18-,19+/m0/s1.